The third kappa shape index (κ3) is 5.55. The molecule has 0 aromatic heterocycles. The lowest BCUT2D eigenvalue weighted by atomic mass is 9.96. The van der Waals surface area contributed by atoms with Crippen LogP contribution in [0.25, 0.3) is 0 Å². The van der Waals surface area contributed by atoms with Crippen molar-refractivity contribution < 1.29 is 9.18 Å². The van der Waals surface area contributed by atoms with E-state index in [4.69, 9.17) is 0 Å². The van der Waals surface area contributed by atoms with Gasteiger partial charge in [-0.3, -0.25) is 14.6 Å². The van der Waals surface area contributed by atoms with Crippen molar-refractivity contribution in [3.05, 3.63) is 102 Å². The average Bonchev–Trinajstić information content (AvgIpc) is 2.91. The van der Waals surface area contributed by atoms with Gasteiger partial charge in [0.2, 0.25) is 5.91 Å². The minimum atomic E-state index is -0.200. The smallest absolute Gasteiger partial charge is 0.236 e. The van der Waals surface area contributed by atoms with Crippen molar-refractivity contribution >= 4 is 11.6 Å². The van der Waals surface area contributed by atoms with Gasteiger partial charge in [0.25, 0.3) is 0 Å². The Balaban J connectivity index is 1.15. The first-order valence-electron chi connectivity index (χ1n) is 12.5. The summed E-state index contributed by atoms with van der Waals surface area (Å²) in [7, 11) is 0. The number of nitrogens with zero attached hydrogens (tertiary/aromatic N) is 4. The van der Waals surface area contributed by atoms with Gasteiger partial charge in [-0.2, -0.15) is 0 Å². The maximum atomic E-state index is 14.1. The van der Waals surface area contributed by atoms with Crippen LogP contribution in [-0.4, -0.2) is 79.5 Å². The molecule has 0 spiro atoms. The quantitative estimate of drug-likeness (QED) is 0.545. The Kier molecular flexibility index (Phi) is 7.40. The van der Waals surface area contributed by atoms with Gasteiger partial charge in [0, 0.05) is 52.4 Å². The molecule has 2 heterocycles. The number of piperazine rings is 2. The zero-order chi connectivity index (χ0) is 24.0. The Hall–Kier alpha value is -3.22. The van der Waals surface area contributed by atoms with Crippen LogP contribution in [0.3, 0.4) is 0 Å². The number of anilines is 1. The predicted molar refractivity (Wildman–Crippen MR) is 138 cm³/mol. The average molecular weight is 473 g/mol. The van der Waals surface area contributed by atoms with Crippen molar-refractivity contribution in [3.63, 3.8) is 0 Å². The topological polar surface area (TPSA) is 30.0 Å². The molecule has 3 aromatic rings. The lowest BCUT2D eigenvalue weighted by molar-refractivity contribution is -0.133. The summed E-state index contributed by atoms with van der Waals surface area (Å²) in [6.45, 7) is 6.63. The van der Waals surface area contributed by atoms with E-state index in [1.807, 2.05) is 21.9 Å². The van der Waals surface area contributed by atoms with Crippen LogP contribution in [0.5, 0.6) is 0 Å². The highest BCUT2D eigenvalue weighted by Crippen LogP contribution is 2.29. The zero-order valence-corrected chi connectivity index (χ0v) is 20.1. The van der Waals surface area contributed by atoms with E-state index in [-0.39, 0.29) is 17.8 Å². The molecule has 5 nitrogen and oxygen atoms in total. The maximum Gasteiger partial charge on any atom is 0.236 e. The SMILES string of the molecule is O=C(CN1CCN(C(c2ccccc2)c2ccccc2)CC1)N1CCN(c2ccccc2F)CC1. The summed E-state index contributed by atoms with van der Waals surface area (Å²) in [4.78, 5) is 21.8. The van der Waals surface area contributed by atoms with Crippen molar-refractivity contribution in [2.45, 2.75) is 6.04 Å². The number of halogens is 1. The number of hydrogen-bond acceptors (Lipinski definition) is 4. The molecule has 2 aliphatic heterocycles. The Morgan fingerprint density at radius 1 is 0.686 bits per heavy atom. The molecule has 2 fully saturated rings. The van der Waals surface area contributed by atoms with Gasteiger partial charge in [0.15, 0.2) is 0 Å². The van der Waals surface area contributed by atoms with E-state index in [9.17, 15) is 9.18 Å². The minimum Gasteiger partial charge on any atom is -0.366 e. The minimum absolute atomic E-state index is 0.175. The van der Waals surface area contributed by atoms with E-state index in [1.165, 1.54) is 17.2 Å². The molecule has 0 radical (unpaired) electrons. The van der Waals surface area contributed by atoms with Crippen LogP contribution in [0.15, 0.2) is 84.9 Å². The van der Waals surface area contributed by atoms with Crippen LogP contribution in [-0.2, 0) is 4.79 Å². The second-order valence-electron chi connectivity index (χ2n) is 9.36. The number of rotatable bonds is 6. The number of amides is 1. The van der Waals surface area contributed by atoms with Gasteiger partial charge in [-0.25, -0.2) is 4.39 Å². The molecular formula is C29H33FN4O. The van der Waals surface area contributed by atoms with Gasteiger partial charge in [0.1, 0.15) is 5.82 Å². The van der Waals surface area contributed by atoms with Crippen molar-refractivity contribution in [1.29, 1.82) is 0 Å². The van der Waals surface area contributed by atoms with Gasteiger partial charge in [-0.05, 0) is 23.3 Å². The monoisotopic (exact) mass is 472 g/mol. The van der Waals surface area contributed by atoms with Gasteiger partial charge in [-0.15, -0.1) is 0 Å². The molecule has 1 amide bonds. The molecule has 0 bridgehead atoms. The molecule has 0 saturated carbocycles. The summed E-state index contributed by atoms with van der Waals surface area (Å²) in [5, 5.41) is 0. The lowest BCUT2D eigenvalue weighted by Gasteiger charge is -2.41. The summed E-state index contributed by atoms with van der Waals surface area (Å²) >= 11 is 0. The maximum absolute atomic E-state index is 14.1. The highest BCUT2D eigenvalue weighted by molar-refractivity contribution is 5.78. The normalized spacial score (nSPS) is 17.7. The van der Waals surface area contributed by atoms with E-state index in [2.05, 4.69) is 70.5 Å². The fourth-order valence-corrected chi connectivity index (χ4v) is 5.26. The molecule has 0 unspecified atom stereocenters. The highest BCUT2D eigenvalue weighted by Gasteiger charge is 2.29. The van der Waals surface area contributed by atoms with Crippen LogP contribution >= 0.6 is 0 Å². The van der Waals surface area contributed by atoms with Crippen LogP contribution < -0.4 is 4.90 Å². The third-order valence-corrected chi connectivity index (χ3v) is 7.19. The molecule has 0 N–H and O–H groups in total. The lowest BCUT2D eigenvalue weighted by Crippen LogP contribution is -2.54. The molecule has 3 aromatic carbocycles. The van der Waals surface area contributed by atoms with Gasteiger partial charge in [0.05, 0.1) is 18.3 Å². The Labute approximate surface area is 207 Å². The number of carbonyl (C=O) groups excluding carboxylic acids is 1. The molecule has 0 aliphatic carbocycles. The second kappa shape index (κ2) is 11.0. The second-order valence-corrected chi connectivity index (χ2v) is 9.36. The third-order valence-electron chi connectivity index (χ3n) is 7.19. The van der Waals surface area contributed by atoms with Crippen LogP contribution in [0.2, 0.25) is 0 Å². The molecule has 5 rings (SSSR count). The van der Waals surface area contributed by atoms with E-state index >= 15 is 0 Å². The molecular weight excluding hydrogens is 439 g/mol. The van der Waals surface area contributed by atoms with E-state index in [0.717, 1.165) is 26.2 Å². The Morgan fingerprint density at radius 2 is 1.23 bits per heavy atom. The molecule has 182 valence electrons. The summed E-state index contributed by atoms with van der Waals surface area (Å²) in [5.41, 5.74) is 3.23. The summed E-state index contributed by atoms with van der Waals surface area (Å²) < 4.78 is 14.1. The first-order valence-corrected chi connectivity index (χ1v) is 12.5. The number of hydrogen-bond donors (Lipinski definition) is 0. The van der Waals surface area contributed by atoms with Crippen molar-refractivity contribution in [2.75, 3.05) is 63.8 Å². The summed E-state index contributed by atoms with van der Waals surface area (Å²) in [6.07, 6.45) is 0. The van der Waals surface area contributed by atoms with Crippen molar-refractivity contribution in [1.82, 2.24) is 14.7 Å². The van der Waals surface area contributed by atoms with Gasteiger partial charge < -0.3 is 9.80 Å². The van der Waals surface area contributed by atoms with Crippen molar-refractivity contribution in [2.24, 2.45) is 0 Å². The number of para-hydroxylation sites is 1. The Morgan fingerprint density at radius 3 is 1.80 bits per heavy atom. The van der Waals surface area contributed by atoms with Crippen LogP contribution in [0.1, 0.15) is 17.2 Å². The van der Waals surface area contributed by atoms with Crippen molar-refractivity contribution in [3.8, 4) is 0 Å². The fourth-order valence-electron chi connectivity index (χ4n) is 5.26. The van der Waals surface area contributed by atoms with Gasteiger partial charge >= 0.3 is 0 Å². The fraction of sp³-hybridized carbons (Fsp3) is 0.345. The molecule has 0 atom stereocenters. The zero-order valence-electron chi connectivity index (χ0n) is 20.1. The predicted octanol–water partition coefficient (Wildman–Crippen LogP) is 3.88. The molecule has 35 heavy (non-hydrogen) atoms. The largest absolute Gasteiger partial charge is 0.366 e. The summed E-state index contributed by atoms with van der Waals surface area (Å²) in [6, 6.07) is 28.4. The first-order chi connectivity index (χ1) is 17.2. The molecule has 2 aliphatic rings. The standard InChI is InChI=1S/C29H33FN4O/c30-26-13-7-8-14-27(26)32-19-21-33(22-20-32)28(35)23-31-15-17-34(18-16-31)29(24-9-3-1-4-10-24)25-11-5-2-6-12-25/h1-14,29H,15-23H2. The molecule has 2 saturated heterocycles. The van der Waals surface area contributed by atoms with E-state index < -0.39 is 0 Å². The molecule has 6 heteroatoms. The summed E-state index contributed by atoms with van der Waals surface area (Å²) in [5.74, 6) is -0.0243. The highest BCUT2D eigenvalue weighted by atomic mass is 19.1. The van der Waals surface area contributed by atoms with Crippen LogP contribution in [0.4, 0.5) is 10.1 Å². The number of carbonyl (C=O) groups is 1. The van der Waals surface area contributed by atoms with E-state index in [0.29, 0.717) is 38.4 Å². The number of benzene rings is 3. The Bertz CT molecular complexity index is 1050. The van der Waals surface area contributed by atoms with Crippen LogP contribution in [0, 0.1) is 5.82 Å². The van der Waals surface area contributed by atoms with E-state index in [1.54, 1.807) is 6.07 Å². The first kappa shape index (κ1) is 23.5. The van der Waals surface area contributed by atoms with Gasteiger partial charge in [-0.1, -0.05) is 72.8 Å².